The van der Waals surface area contributed by atoms with Gasteiger partial charge in [-0.2, -0.15) is 0 Å². The number of nitrogens with zero attached hydrogens (tertiary/aromatic N) is 1. The van der Waals surface area contributed by atoms with E-state index in [2.05, 4.69) is 4.90 Å². The molecule has 3 rings (SSSR count). The monoisotopic (exact) mass is 277 g/mol. The summed E-state index contributed by atoms with van der Waals surface area (Å²) >= 11 is 0. The Morgan fingerprint density at radius 1 is 1.45 bits per heavy atom. The Kier molecular flexibility index (Phi) is 3.40. The van der Waals surface area contributed by atoms with E-state index in [0.29, 0.717) is 12.5 Å². The summed E-state index contributed by atoms with van der Waals surface area (Å²) in [5.74, 6) is -2.41. The van der Waals surface area contributed by atoms with E-state index in [1.807, 2.05) is 25.1 Å². The topological polar surface area (TPSA) is 59.0 Å². The van der Waals surface area contributed by atoms with Crippen LogP contribution in [0.1, 0.15) is 31.2 Å². The molecule has 108 valence electrons. The maximum atomic E-state index is 11.7. The highest BCUT2D eigenvalue weighted by Gasteiger charge is 2.54. The van der Waals surface area contributed by atoms with Gasteiger partial charge in [-0.05, 0) is 18.9 Å². The maximum Gasteiger partial charge on any atom is 0.378 e. The van der Waals surface area contributed by atoms with E-state index in [-0.39, 0.29) is 5.92 Å². The fourth-order valence-electron chi connectivity index (χ4n) is 2.93. The number of hydrogen-bond acceptors (Lipinski definition) is 4. The van der Waals surface area contributed by atoms with Crippen molar-refractivity contribution in [1.29, 1.82) is 0 Å². The molecule has 2 aliphatic rings. The molecular weight excluding hydrogens is 258 g/mol. The molecule has 0 saturated carbocycles. The van der Waals surface area contributed by atoms with Gasteiger partial charge in [-0.1, -0.05) is 25.1 Å². The Morgan fingerprint density at radius 2 is 2.15 bits per heavy atom. The summed E-state index contributed by atoms with van der Waals surface area (Å²) in [6, 6.07) is 7.40. The molecule has 0 radical (unpaired) electrons. The van der Waals surface area contributed by atoms with Gasteiger partial charge in [0, 0.05) is 18.7 Å². The predicted octanol–water partition coefficient (Wildman–Crippen LogP) is 2.03. The first-order chi connectivity index (χ1) is 9.63. The molecule has 2 heterocycles. The number of aliphatic carboxylic acids is 1. The van der Waals surface area contributed by atoms with Crippen molar-refractivity contribution in [1.82, 2.24) is 4.90 Å². The maximum absolute atomic E-state index is 11.7. The lowest BCUT2D eigenvalue weighted by atomic mass is 9.94. The van der Waals surface area contributed by atoms with Crippen LogP contribution in [0.25, 0.3) is 0 Å². The number of ether oxygens (including phenoxy) is 2. The van der Waals surface area contributed by atoms with Crippen LogP contribution in [0.3, 0.4) is 0 Å². The summed E-state index contributed by atoms with van der Waals surface area (Å²) in [4.78, 5) is 13.9. The quantitative estimate of drug-likeness (QED) is 0.912. The van der Waals surface area contributed by atoms with Crippen LogP contribution in [-0.2, 0) is 9.53 Å². The highest BCUT2D eigenvalue weighted by Crippen LogP contribution is 2.45. The first-order valence-corrected chi connectivity index (χ1v) is 7.01. The van der Waals surface area contributed by atoms with Crippen LogP contribution in [0.2, 0.25) is 0 Å². The molecule has 0 bridgehead atoms. The van der Waals surface area contributed by atoms with Crippen molar-refractivity contribution >= 4 is 5.97 Å². The molecule has 0 spiro atoms. The van der Waals surface area contributed by atoms with Gasteiger partial charge in [0.25, 0.3) is 0 Å². The molecule has 20 heavy (non-hydrogen) atoms. The summed E-state index contributed by atoms with van der Waals surface area (Å²) in [5.41, 5.74) is 0.885. The fraction of sp³-hybridized carbons (Fsp3) is 0.533. The average Bonchev–Trinajstić information content (AvgIpc) is 3.04. The van der Waals surface area contributed by atoms with Crippen molar-refractivity contribution < 1.29 is 19.4 Å². The molecule has 2 aliphatic heterocycles. The molecule has 1 aromatic carbocycles. The molecular formula is C15H19NO4. The van der Waals surface area contributed by atoms with E-state index in [0.717, 1.165) is 31.5 Å². The molecule has 0 aromatic heterocycles. The SMILES string of the molecule is CC1c2ccccc2OC1(OCN1CCCC1)C(=O)O. The second-order valence-electron chi connectivity index (χ2n) is 5.43. The van der Waals surface area contributed by atoms with Crippen LogP contribution in [0, 0.1) is 0 Å². The molecule has 0 aliphatic carbocycles. The second-order valence-corrected chi connectivity index (χ2v) is 5.43. The first-order valence-electron chi connectivity index (χ1n) is 7.01. The largest absolute Gasteiger partial charge is 0.476 e. The van der Waals surface area contributed by atoms with Gasteiger partial charge in [0.1, 0.15) is 12.5 Å². The minimum absolute atomic E-state index is 0.296. The van der Waals surface area contributed by atoms with Crippen LogP contribution in [0.4, 0.5) is 0 Å². The van der Waals surface area contributed by atoms with Gasteiger partial charge >= 0.3 is 11.8 Å². The number of carbonyl (C=O) groups is 1. The number of likely N-dealkylation sites (tertiary alicyclic amines) is 1. The lowest BCUT2D eigenvalue weighted by molar-refractivity contribution is -0.223. The van der Waals surface area contributed by atoms with E-state index < -0.39 is 11.8 Å². The number of benzene rings is 1. The van der Waals surface area contributed by atoms with Crippen molar-refractivity contribution in [3.05, 3.63) is 29.8 Å². The van der Waals surface area contributed by atoms with E-state index >= 15 is 0 Å². The van der Waals surface area contributed by atoms with Crippen LogP contribution >= 0.6 is 0 Å². The Hall–Kier alpha value is -1.59. The smallest absolute Gasteiger partial charge is 0.378 e. The van der Waals surface area contributed by atoms with Crippen molar-refractivity contribution in [2.45, 2.75) is 31.5 Å². The summed E-state index contributed by atoms with van der Waals surface area (Å²) in [6.45, 7) is 4.04. The molecule has 1 saturated heterocycles. The van der Waals surface area contributed by atoms with E-state index in [4.69, 9.17) is 9.47 Å². The van der Waals surface area contributed by atoms with Gasteiger partial charge < -0.3 is 14.6 Å². The summed E-state index contributed by atoms with van der Waals surface area (Å²) in [7, 11) is 0. The minimum atomic E-state index is -1.60. The Bertz CT molecular complexity index is 512. The average molecular weight is 277 g/mol. The number of rotatable bonds is 4. The van der Waals surface area contributed by atoms with Crippen molar-refractivity contribution in [2.75, 3.05) is 19.8 Å². The standard InChI is InChI=1S/C15H19NO4/c1-11-12-6-2-3-7-13(12)20-15(11,14(17)18)19-10-16-8-4-5-9-16/h2-3,6-7,11H,4-5,8-10H2,1H3,(H,17,18). The van der Waals surface area contributed by atoms with Crippen molar-refractivity contribution in [3.63, 3.8) is 0 Å². The number of fused-ring (bicyclic) bond motifs is 1. The molecule has 1 N–H and O–H groups in total. The van der Waals surface area contributed by atoms with E-state index in [1.54, 1.807) is 6.07 Å². The van der Waals surface area contributed by atoms with Crippen LogP contribution in [0.5, 0.6) is 5.75 Å². The Balaban J connectivity index is 1.81. The second kappa shape index (κ2) is 5.07. The highest BCUT2D eigenvalue weighted by atomic mass is 16.7. The minimum Gasteiger partial charge on any atom is -0.476 e. The number of carboxylic acids is 1. The van der Waals surface area contributed by atoms with Crippen molar-refractivity contribution in [2.24, 2.45) is 0 Å². The zero-order chi connectivity index (χ0) is 14.2. The third-order valence-electron chi connectivity index (χ3n) is 4.18. The lowest BCUT2D eigenvalue weighted by Crippen LogP contribution is -2.50. The van der Waals surface area contributed by atoms with E-state index in [1.165, 1.54) is 0 Å². The normalized spacial score (nSPS) is 29.1. The van der Waals surface area contributed by atoms with E-state index in [9.17, 15) is 9.90 Å². The van der Waals surface area contributed by atoms with Crippen LogP contribution < -0.4 is 4.74 Å². The van der Waals surface area contributed by atoms with Crippen LogP contribution in [-0.4, -0.2) is 41.6 Å². The molecule has 2 unspecified atom stereocenters. The predicted molar refractivity (Wildman–Crippen MR) is 72.6 cm³/mol. The first kappa shape index (κ1) is 13.4. The lowest BCUT2D eigenvalue weighted by Gasteiger charge is -2.30. The van der Waals surface area contributed by atoms with Gasteiger partial charge in [-0.25, -0.2) is 4.79 Å². The summed E-state index contributed by atoms with van der Waals surface area (Å²) in [6.07, 6.45) is 2.28. The molecule has 2 atom stereocenters. The zero-order valence-electron chi connectivity index (χ0n) is 11.5. The van der Waals surface area contributed by atoms with Gasteiger partial charge in [0.15, 0.2) is 0 Å². The number of hydrogen-bond donors (Lipinski definition) is 1. The highest BCUT2D eigenvalue weighted by molar-refractivity contribution is 5.79. The molecule has 1 fully saturated rings. The zero-order valence-corrected chi connectivity index (χ0v) is 11.5. The molecule has 5 heteroatoms. The Morgan fingerprint density at radius 3 is 2.80 bits per heavy atom. The van der Waals surface area contributed by atoms with Gasteiger partial charge in [0.05, 0.1) is 5.92 Å². The number of para-hydroxylation sites is 1. The van der Waals surface area contributed by atoms with Gasteiger partial charge in [-0.3, -0.25) is 4.90 Å². The summed E-state index contributed by atoms with van der Waals surface area (Å²) < 4.78 is 11.4. The summed E-state index contributed by atoms with van der Waals surface area (Å²) in [5, 5.41) is 9.61. The van der Waals surface area contributed by atoms with Crippen LogP contribution in [0.15, 0.2) is 24.3 Å². The Labute approximate surface area is 118 Å². The third kappa shape index (κ3) is 2.07. The van der Waals surface area contributed by atoms with Gasteiger partial charge in [0.2, 0.25) is 0 Å². The number of carboxylic acid groups (broad SMARTS) is 1. The molecule has 5 nitrogen and oxygen atoms in total. The third-order valence-corrected chi connectivity index (χ3v) is 4.18. The van der Waals surface area contributed by atoms with Crippen molar-refractivity contribution in [3.8, 4) is 5.75 Å². The molecule has 1 aromatic rings. The van der Waals surface area contributed by atoms with Gasteiger partial charge in [-0.15, -0.1) is 0 Å². The molecule has 0 amide bonds. The fourth-order valence-corrected chi connectivity index (χ4v) is 2.93.